The molecular formula is C44H94N2+2. The van der Waals surface area contributed by atoms with Gasteiger partial charge in [0.25, 0.3) is 0 Å². The Hall–Kier alpha value is -0.0800. The number of quaternary nitrogens is 2. The highest BCUT2D eigenvalue weighted by Crippen LogP contribution is 2.25. The fourth-order valence-corrected chi connectivity index (χ4v) is 8.14. The van der Waals surface area contributed by atoms with Crippen molar-refractivity contribution in [3.63, 3.8) is 0 Å². The fraction of sp³-hybridized carbons (Fsp3) is 1.00. The van der Waals surface area contributed by atoms with Crippen LogP contribution in [0.4, 0.5) is 0 Å². The summed E-state index contributed by atoms with van der Waals surface area (Å²) in [6, 6.07) is 0.853. The van der Waals surface area contributed by atoms with Crippen LogP contribution in [0.3, 0.4) is 0 Å². The highest BCUT2D eigenvalue weighted by atomic mass is 15.4. The average Bonchev–Trinajstić information content (AvgIpc) is 3.05. The van der Waals surface area contributed by atoms with Crippen LogP contribution in [0.25, 0.3) is 0 Å². The summed E-state index contributed by atoms with van der Waals surface area (Å²) in [7, 11) is 5.36. The van der Waals surface area contributed by atoms with Gasteiger partial charge >= 0.3 is 0 Å². The van der Waals surface area contributed by atoms with Crippen molar-refractivity contribution in [2.45, 2.75) is 240 Å². The van der Waals surface area contributed by atoms with Gasteiger partial charge in [-0.2, -0.15) is 0 Å². The lowest BCUT2D eigenvalue weighted by molar-refractivity contribution is -0.945. The quantitative estimate of drug-likeness (QED) is 0.0461. The molecule has 0 aliphatic rings. The van der Waals surface area contributed by atoms with E-state index in [1.165, 1.54) is 241 Å². The third-order valence-corrected chi connectivity index (χ3v) is 11.7. The second kappa shape index (κ2) is 33.4. The molecule has 0 aromatic carbocycles. The molecule has 0 bridgehead atoms. The Kier molecular flexibility index (Phi) is 33.4. The number of nitrogens with zero attached hydrogens (tertiary/aromatic N) is 2. The van der Waals surface area contributed by atoms with Crippen LogP contribution in [-0.2, 0) is 0 Å². The Balaban J connectivity index is 5.30. The normalized spacial score (nSPS) is 13.1. The minimum absolute atomic E-state index is 0.853. The van der Waals surface area contributed by atoms with Crippen molar-refractivity contribution in [3.8, 4) is 0 Å². The third-order valence-electron chi connectivity index (χ3n) is 11.7. The van der Waals surface area contributed by atoms with Gasteiger partial charge in [0.05, 0.1) is 52.9 Å². The molecule has 0 heterocycles. The van der Waals surface area contributed by atoms with E-state index in [9.17, 15) is 0 Å². The molecular weight excluding hydrogens is 556 g/mol. The van der Waals surface area contributed by atoms with E-state index < -0.39 is 0 Å². The molecule has 0 radical (unpaired) electrons. The van der Waals surface area contributed by atoms with Gasteiger partial charge < -0.3 is 8.97 Å². The molecule has 278 valence electrons. The van der Waals surface area contributed by atoms with E-state index in [0.717, 1.165) is 6.04 Å². The van der Waals surface area contributed by atoms with E-state index in [2.05, 4.69) is 48.7 Å². The van der Waals surface area contributed by atoms with Gasteiger partial charge in [-0.05, 0) is 57.8 Å². The zero-order valence-electron chi connectivity index (χ0n) is 33.9. The van der Waals surface area contributed by atoms with Gasteiger partial charge in [-0.1, -0.05) is 169 Å². The average molecular weight is 651 g/mol. The highest BCUT2D eigenvalue weighted by Gasteiger charge is 2.34. The summed E-state index contributed by atoms with van der Waals surface area (Å²) in [4.78, 5) is 0. The predicted molar refractivity (Wildman–Crippen MR) is 212 cm³/mol. The summed E-state index contributed by atoms with van der Waals surface area (Å²) in [6.07, 6.45) is 44.5. The predicted octanol–water partition coefficient (Wildman–Crippen LogP) is 14.4. The van der Waals surface area contributed by atoms with Gasteiger partial charge in [0.1, 0.15) is 0 Å². The Morgan fingerprint density at radius 2 is 0.565 bits per heavy atom. The third kappa shape index (κ3) is 26.8. The Labute approximate surface area is 294 Å². The zero-order chi connectivity index (χ0) is 34.0. The molecule has 0 aromatic rings. The first-order valence-corrected chi connectivity index (χ1v) is 22.1. The monoisotopic (exact) mass is 651 g/mol. The largest absolute Gasteiger partial charge is 0.326 e. The molecule has 0 aliphatic carbocycles. The first kappa shape index (κ1) is 45.9. The van der Waals surface area contributed by atoms with Gasteiger partial charge in [0.15, 0.2) is 0 Å². The van der Waals surface area contributed by atoms with E-state index in [-0.39, 0.29) is 0 Å². The van der Waals surface area contributed by atoms with Crippen LogP contribution >= 0.6 is 0 Å². The maximum absolute atomic E-state index is 2.69. The molecule has 1 unspecified atom stereocenters. The van der Waals surface area contributed by atoms with Crippen molar-refractivity contribution in [2.75, 3.05) is 46.8 Å². The lowest BCUT2D eigenvalue weighted by Gasteiger charge is -2.44. The fourth-order valence-electron chi connectivity index (χ4n) is 8.14. The SMILES string of the molecule is CCCCCCCCCC[N+](C)(CCCCCCCCCC)CCC(CCC)[N+](C)(CCCCCCCC)CCCCCCCC. The zero-order valence-corrected chi connectivity index (χ0v) is 33.9. The molecule has 0 saturated heterocycles. The highest BCUT2D eigenvalue weighted by molar-refractivity contribution is 4.63. The van der Waals surface area contributed by atoms with Gasteiger partial charge in [-0.15, -0.1) is 0 Å². The smallest absolute Gasteiger partial charge is 0.0942 e. The van der Waals surface area contributed by atoms with Crippen molar-refractivity contribution in [1.82, 2.24) is 0 Å². The van der Waals surface area contributed by atoms with Crippen LogP contribution in [0.1, 0.15) is 234 Å². The minimum Gasteiger partial charge on any atom is -0.326 e. The van der Waals surface area contributed by atoms with Gasteiger partial charge in [-0.25, -0.2) is 0 Å². The van der Waals surface area contributed by atoms with Crippen molar-refractivity contribution in [1.29, 1.82) is 0 Å². The molecule has 0 saturated carbocycles. The first-order valence-electron chi connectivity index (χ1n) is 22.1. The molecule has 0 aliphatic heterocycles. The maximum Gasteiger partial charge on any atom is 0.0942 e. The molecule has 2 heteroatoms. The van der Waals surface area contributed by atoms with E-state index >= 15 is 0 Å². The van der Waals surface area contributed by atoms with Crippen LogP contribution in [0.2, 0.25) is 0 Å². The molecule has 0 rings (SSSR count). The van der Waals surface area contributed by atoms with Crippen LogP contribution in [-0.4, -0.2) is 61.8 Å². The molecule has 0 spiro atoms. The van der Waals surface area contributed by atoms with E-state index in [0.29, 0.717) is 0 Å². The summed E-state index contributed by atoms with van der Waals surface area (Å²) >= 11 is 0. The van der Waals surface area contributed by atoms with Crippen molar-refractivity contribution in [2.24, 2.45) is 0 Å². The van der Waals surface area contributed by atoms with Gasteiger partial charge in [-0.3, -0.25) is 0 Å². The topological polar surface area (TPSA) is 0 Å². The lowest BCUT2D eigenvalue weighted by atomic mass is 9.99. The van der Waals surface area contributed by atoms with Gasteiger partial charge in [0, 0.05) is 6.42 Å². The standard InChI is InChI=1S/C44H94N2/c1-8-13-17-21-25-27-29-33-39-45(6,40-34-30-28-26-22-18-14-9-2)43-38-44(37-12-5)46(7,41-35-31-23-19-15-10-3)42-36-32-24-20-16-11-4/h44H,8-43H2,1-7H3/q+2. The lowest BCUT2D eigenvalue weighted by Crippen LogP contribution is -2.56. The molecule has 46 heavy (non-hydrogen) atoms. The molecule has 0 aromatic heterocycles. The Bertz CT molecular complexity index is 550. The van der Waals surface area contributed by atoms with Crippen LogP contribution in [0, 0.1) is 0 Å². The summed E-state index contributed by atoms with van der Waals surface area (Å²) in [5.74, 6) is 0. The van der Waals surface area contributed by atoms with Gasteiger partial charge in [0.2, 0.25) is 0 Å². The molecule has 0 fully saturated rings. The molecule has 0 N–H and O–H groups in total. The second-order valence-corrected chi connectivity index (χ2v) is 16.4. The number of hydrogen-bond acceptors (Lipinski definition) is 0. The second-order valence-electron chi connectivity index (χ2n) is 16.4. The van der Waals surface area contributed by atoms with Crippen molar-refractivity contribution >= 4 is 0 Å². The van der Waals surface area contributed by atoms with Crippen LogP contribution in [0.5, 0.6) is 0 Å². The number of rotatable bonds is 38. The Morgan fingerprint density at radius 1 is 0.283 bits per heavy atom. The molecule has 0 amide bonds. The summed E-state index contributed by atoms with van der Waals surface area (Å²) in [5.41, 5.74) is 0. The van der Waals surface area contributed by atoms with Crippen LogP contribution < -0.4 is 0 Å². The van der Waals surface area contributed by atoms with E-state index in [1.807, 2.05) is 0 Å². The maximum atomic E-state index is 2.69. The van der Waals surface area contributed by atoms with Crippen LogP contribution in [0.15, 0.2) is 0 Å². The van der Waals surface area contributed by atoms with Crippen molar-refractivity contribution in [3.05, 3.63) is 0 Å². The molecule has 2 nitrogen and oxygen atoms in total. The number of hydrogen-bond donors (Lipinski definition) is 0. The summed E-state index contributed by atoms with van der Waals surface area (Å²) in [5, 5.41) is 0. The van der Waals surface area contributed by atoms with Crippen molar-refractivity contribution < 1.29 is 8.97 Å². The minimum atomic E-state index is 0.853. The van der Waals surface area contributed by atoms with E-state index in [4.69, 9.17) is 0 Å². The molecule has 1 atom stereocenters. The van der Waals surface area contributed by atoms with E-state index in [1.54, 1.807) is 0 Å². The summed E-state index contributed by atoms with van der Waals surface area (Å²) in [6.45, 7) is 18.9. The number of unbranched alkanes of at least 4 members (excludes halogenated alkanes) is 24. The first-order chi connectivity index (χ1) is 22.4. The summed E-state index contributed by atoms with van der Waals surface area (Å²) < 4.78 is 2.71. The Morgan fingerprint density at radius 3 is 0.870 bits per heavy atom.